The molecule has 1 N–H and O–H groups in total. The fourth-order valence-corrected chi connectivity index (χ4v) is 4.40. The van der Waals surface area contributed by atoms with Gasteiger partial charge >= 0.3 is 12.2 Å². The molecular formula is C31H22F3N3O2. The van der Waals surface area contributed by atoms with Crippen molar-refractivity contribution in [3.05, 3.63) is 126 Å². The van der Waals surface area contributed by atoms with Gasteiger partial charge < -0.3 is 5.32 Å². The molecule has 0 bridgehead atoms. The third-order valence-electron chi connectivity index (χ3n) is 6.34. The molecule has 1 aromatic heterocycles. The maximum absolute atomic E-state index is 13.9. The van der Waals surface area contributed by atoms with E-state index in [2.05, 4.69) is 10.3 Å². The molecule has 0 saturated heterocycles. The van der Waals surface area contributed by atoms with Gasteiger partial charge in [-0.25, -0.2) is 4.79 Å². The number of benzene rings is 4. The molecule has 5 aromatic rings. The monoisotopic (exact) mass is 525 g/mol. The molecule has 0 atom stereocenters. The summed E-state index contributed by atoms with van der Waals surface area (Å²) < 4.78 is 41.6. The van der Waals surface area contributed by atoms with Gasteiger partial charge in [0, 0.05) is 46.7 Å². The second-order valence-electron chi connectivity index (χ2n) is 8.85. The molecule has 0 saturated carbocycles. The van der Waals surface area contributed by atoms with Crippen molar-refractivity contribution in [3.63, 3.8) is 0 Å². The summed E-state index contributed by atoms with van der Waals surface area (Å²) in [5.41, 5.74) is 1.25. The van der Waals surface area contributed by atoms with E-state index in [1.165, 1.54) is 23.2 Å². The van der Waals surface area contributed by atoms with Gasteiger partial charge in [-0.2, -0.15) is 13.2 Å². The van der Waals surface area contributed by atoms with Crippen molar-refractivity contribution in [3.8, 4) is 11.1 Å². The topological polar surface area (TPSA) is 62.3 Å². The van der Waals surface area contributed by atoms with Crippen molar-refractivity contribution in [1.82, 2.24) is 4.98 Å². The molecule has 5 rings (SSSR count). The van der Waals surface area contributed by atoms with Crippen molar-refractivity contribution in [1.29, 1.82) is 0 Å². The molecule has 0 unspecified atom stereocenters. The number of halogens is 3. The van der Waals surface area contributed by atoms with E-state index in [1.54, 1.807) is 85.9 Å². The molecule has 8 heteroatoms. The smallest absolute Gasteiger partial charge is 0.308 e. The molecule has 0 aliphatic carbocycles. The van der Waals surface area contributed by atoms with Crippen LogP contribution in [0.1, 0.15) is 21.5 Å². The quantitative estimate of drug-likeness (QED) is 0.238. The van der Waals surface area contributed by atoms with Crippen LogP contribution >= 0.6 is 0 Å². The number of nitrogens with one attached hydrogen (secondary N) is 1. The Labute approximate surface area is 222 Å². The minimum atomic E-state index is -4.63. The zero-order chi connectivity index (χ0) is 27.6. The van der Waals surface area contributed by atoms with Crippen molar-refractivity contribution in [2.75, 3.05) is 17.3 Å². The van der Waals surface area contributed by atoms with Crippen LogP contribution in [0.15, 0.2) is 109 Å². The maximum Gasteiger partial charge on any atom is 0.418 e. The molecule has 0 aliphatic rings. The van der Waals surface area contributed by atoms with E-state index in [1.807, 2.05) is 6.07 Å². The molecule has 0 aliphatic heterocycles. The van der Waals surface area contributed by atoms with E-state index in [-0.39, 0.29) is 22.2 Å². The SMILES string of the molecule is CN(C(=O)Nc1ccccc1)c1cccc(-c2c(C(=O)c3ccccc3)cnc3c(C(F)(F)F)cccc23)c1. The number of anilines is 2. The average Bonchev–Trinajstić information content (AvgIpc) is 2.96. The number of rotatable bonds is 5. The van der Waals surface area contributed by atoms with Gasteiger partial charge in [0.15, 0.2) is 5.78 Å². The molecule has 4 aromatic carbocycles. The number of ketones is 1. The normalized spacial score (nSPS) is 11.3. The highest BCUT2D eigenvalue weighted by atomic mass is 19.4. The number of amides is 2. The standard InChI is InChI=1S/C31H22F3N3O2/c1-37(30(39)36-22-13-6-3-7-14-22)23-15-8-12-21(18-23)27-24-16-9-17-26(31(32,33)34)28(24)35-19-25(27)29(38)20-10-4-2-5-11-20/h2-19H,1H3,(H,36,39). The minimum absolute atomic E-state index is 0.154. The summed E-state index contributed by atoms with van der Waals surface area (Å²) in [5.74, 6) is -0.377. The fraction of sp³-hybridized carbons (Fsp3) is 0.0645. The van der Waals surface area contributed by atoms with E-state index in [0.29, 0.717) is 28.1 Å². The summed E-state index contributed by atoms with van der Waals surface area (Å²) in [5, 5.41) is 2.98. The summed E-state index contributed by atoms with van der Waals surface area (Å²) >= 11 is 0. The Bertz CT molecular complexity index is 1670. The third kappa shape index (κ3) is 5.22. The number of alkyl halides is 3. The first-order valence-corrected chi connectivity index (χ1v) is 12.0. The maximum atomic E-state index is 13.9. The summed E-state index contributed by atoms with van der Waals surface area (Å²) in [7, 11) is 1.58. The molecule has 39 heavy (non-hydrogen) atoms. The van der Waals surface area contributed by atoms with Crippen LogP contribution in [0.5, 0.6) is 0 Å². The second-order valence-corrected chi connectivity index (χ2v) is 8.85. The van der Waals surface area contributed by atoms with Gasteiger partial charge in [-0.15, -0.1) is 0 Å². The molecule has 5 nitrogen and oxygen atoms in total. The van der Waals surface area contributed by atoms with Crippen molar-refractivity contribution in [2.24, 2.45) is 0 Å². The Morgan fingerprint density at radius 1 is 0.821 bits per heavy atom. The zero-order valence-electron chi connectivity index (χ0n) is 20.7. The lowest BCUT2D eigenvalue weighted by molar-refractivity contribution is -0.136. The Morgan fingerprint density at radius 2 is 1.49 bits per heavy atom. The van der Waals surface area contributed by atoms with Crippen LogP contribution in [-0.2, 0) is 6.18 Å². The number of para-hydroxylation sites is 2. The third-order valence-corrected chi connectivity index (χ3v) is 6.34. The number of nitrogens with zero attached hydrogens (tertiary/aromatic N) is 2. The van der Waals surface area contributed by atoms with Gasteiger partial charge in [-0.3, -0.25) is 14.7 Å². The number of urea groups is 1. The number of aromatic nitrogens is 1. The molecule has 0 fully saturated rings. The van der Waals surface area contributed by atoms with E-state index in [9.17, 15) is 22.8 Å². The number of pyridine rings is 1. The Hall–Kier alpha value is -4.98. The summed E-state index contributed by atoms with van der Waals surface area (Å²) in [6, 6.07) is 27.6. The van der Waals surface area contributed by atoms with Crippen LogP contribution in [0, 0.1) is 0 Å². The fourth-order valence-electron chi connectivity index (χ4n) is 4.40. The molecular weight excluding hydrogens is 503 g/mol. The highest BCUT2D eigenvalue weighted by Gasteiger charge is 2.34. The van der Waals surface area contributed by atoms with Gasteiger partial charge in [-0.1, -0.05) is 72.8 Å². The first kappa shape index (κ1) is 25.7. The van der Waals surface area contributed by atoms with Crippen LogP contribution in [0.3, 0.4) is 0 Å². The summed E-state index contributed by atoms with van der Waals surface area (Å²) in [6.45, 7) is 0. The molecule has 0 spiro atoms. The molecule has 194 valence electrons. The van der Waals surface area contributed by atoms with E-state index in [4.69, 9.17) is 0 Å². The Balaban J connectivity index is 1.65. The van der Waals surface area contributed by atoms with E-state index in [0.717, 1.165) is 6.07 Å². The predicted molar refractivity (Wildman–Crippen MR) is 146 cm³/mol. The average molecular weight is 526 g/mol. The lowest BCUT2D eigenvalue weighted by Gasteiger charge is -2.20. The van der Waals surface area contributed by atoms with E-state index >= 15 is 0 Å². The number of hydrogen-bond acceptors (Lipinski definition) is 3. The van der Waals surface area contributed by atoms with E-state index < -0.39 is 17.8 Å². The van der Waals surface area contributed by atoms with Crippen molar-refractivity contribution < 1.29 is 22.8 Å². The van der Waals surface area contributed by atoms with Crippen LogP contribution in [0.2, 0.25) is 0 Å². The summed E-state index contributed by atoms with van der Waals surface area (Å²) in [6.07, 6.45) is -3.44. The van der Waals surface area contributed by atoms with Crippen molar-refractivity contribution in [2.45, 2.75) is 6.18 Å². The second kappa shape index (κ2) is 10.4. The number of fused-ring (bicyclic) bond motifs is 1. The Kier molecular flexibility index (Phi) is 6.85. The highest BCUT2D eigenvalue weighted by molar-refractivity contribution is 6.17. The number of hydrogen-bond donors (Lipinski definition) is 1. The van der Waals surface area contributed by atoms with Gasteiger partial charge in [0.25, 0.3) is 0 Å². The number of carbonyl (C=O) groups excluding carboxylic acids is 2. The first-order chi connectivity index (χ1) is 18.7. The molecule has 2 amide bonds. The van der Waals surface area contributed by atoms with Gasteiger partial charge in [0.1, 0.15) is 0 Å². The molecule has 0 radical (unpaired) electrons. The van der Waals surface area contributed by atoms with Gasteiger partial charge in [0.05, 0.1) is 11.1 Å². The lowest BCUT2D eigenvalue weighted by atomic mass is 9.91. The lowest BCUT2D eigenvalue weighted by Crippen LogP contribution is -2.31. The van der Waals surface area contributed by atoms with Crippen LogP contribution < -0.4 is 10.2 Å². The zero-order valence-corrected chi connectivity index (χ0v) is 20.7. The number of carbonyl (C=O) groups is 2. The van der Waals surface area contributed by atoms with Gasteiger partial charge in [-0.05, 0) is 35.9 Å². The van der Waals surface area contributed by atoms with Gasteiger partial charge in [0.2, 0.25) is 0 Å². The van der Waals surface area contributed by atoms with Crippen LogP contribution in [-0.4, -0.2) is 23.8 Å². The molecule has 1 heterocycles. The largest absolute Gasteiger partial charge is 0.418 e. The predicted octanol–water partition coefficient (Wildman–Crippen LogP) is 7.82. The van der Waals surface area contributed by atoms with Crippen LogP contribution in [0.25, 0.3) is 22.0 Å². The Morgan fingerprint density at radius 3 is 2.18 bits per heavy atom. The highest BCUT2D eigenvalue weighted by Crippen LogP contribution is 2.39. The van der Waals surface area contributed by atoms with Crippen LogP contribution in [0.4, 0.5) is 29.3 Å². The minimum Gasteiger partial charge on any atom is -0.308 e. The first-order valence-electron chi connectivity index (χ1n) is 12.0. The summed E-state index contributed by atoms with van der Waals surface area (Å²) in [4.78, 5) is 32.0. The van der Waals surface area contributed by atoms with Crippen molar-refractivity contribution >= 4 is 34.1 Å².